The van der Waals surface area contributed by atoms with Gasteiger partial charge >= 0.3 is 5.97 Å². The average molecular weight is 513 g/mol. The van der Waals surface area contributed by atoms with Crippen LogP contribution in [-0.4, -0.2) is 74.4 Å². The summed E-state index contributed by atoms with van der Waals surface area (Å²) in [5.74, 6) is -2.79. The molecule has 2 heterocycles. The van der Waals surface area contributed by atoms with Gasteiger partial charge in [-0.25, -0.2) is 9.78 Å². The number of aliphatic carboxylic acids is 1. The second kappa shape index (κ2) is 13.0. The van der Waals surface area contributed by atoms with Crippen molar-refractivity contribution in [3.8, 4) is 0 Å². The molecule has 0 radical (unpaired) electrons. The van der Waals surface area contributed by atoms with Gasteiger partial charge in [0.25, 0.3) is 0 Å². The number of nitrogens with two attached hydrogens (primary N) is 1. The minimum Gasteiger partial charge on any atom is -0.480 e. The van der Waals surface area contributed by atoms with Gasteiger partial charge in [0.15, 0.2) is 0 Å². The van der Waals surface area contributed by atoms with Gasteiger partial charge in [-0.15, -0.1) is 0 Å². The van der Waals surface area contributed by atoms with Gasteiger partial charge in [-0.05, 0) is 24.3 Å². The average Bonchev–Trinajstić information content (AvgIpc) is 3.58. The maximum Gasteiger partial charge on any atom is 0.326 e. The highest BCUT2D eigenvalue weighted by Crippen LogP contribution is 2.20. The molecular formula is C26H36N6O5. The van der Waals surface area contributed by atoms with Crippen molar-refractivity contribution in [2.45, 2.75) is 70.1 Å². The first-order valence-corrected chi connectivity index (χ1v) is 12.6. The molecular weight excluding hydrogens is 476 g/mol. The molecule has 37 heavy (non-hydrogen) atoms. The molecule has 2 aromatic rings. The van der Waals surface area contributed by atoms with Crippen LogP contribution in [0.1, 0.15) is 44.4 Å². The number of imidazole rings is 1. The number of benzene rings is 1. The molecule has 0 bridgehead atoms. The summed E-state index contributed by atoms with van der Waals surface area (Å²) in [5, 5.41) is 15.1. The number of rotatable bonds is 12. The Morgan fingerprint density at radius 1 is 1.19 bits per heavy atom. The zero-order valence-corrected chi connectivity index (χ0v) is 21.2. The highest BCUT2D eigenvalue weighted by molar-refractivity contribution is 5.94. The van der Waals surface area contributed by atoms with Gasteiger partial charge in [-0.1, -0.05) is 50.6 Å². The maximum absolute atomic E-state index is 13.3. The Hall–Kier alpha value is -3.73. The van der Waals surface area contributed by atoms with E-state index in [1.807, 2.05) is 19.9 Å². The zero-order chi connectivity index (χ0) is 26.9. The molecule has 1 aliphatic heterocycles. The third-order valence-electron chi connectivity index (χ3n) is 6.84. The molecule has 3 amide bonds. The third-order valence-corrected chi connectivity index (χ3v) is 6.84. The normalized spacial score (nSPS) is 18.5. The van der Waals surface area contributed by atoms with E-state index in [-0.39, 0.29) is 24.7 Å². The fourth-order valence-electron chi connectivity index (χ4n) is 4.50. The van der Waals surface area contributed by atoms with Gasteiger partial charge in [-0.3, -0.25) is 14.4 Å². The van der Waals surface area contributed by atoms with Crippen molar-refractivity contribution in [1.29, 1.82) is 0 Å². The number of H-pyrrole nitrogens is 1. The maximum atomic E-state index is 13.3. The Morgan fingerprint density at radius 3 is 2.54 bits per heavy atom. The number of hydrogen-bond donors (Lipinski definition) is 5. The van der Waals surface area contributed by atoms with Gasteiger partial charge in [-0.2, -0.15) is 0 Å². The standard InChI is InChI=1S/C26H36N6O5/c1-3-16(2)22(24(34)30-20(26(36)37)12-17-8-5-4-6-9-17)31-23(33)21-10-7-11-32(21)25(35)19(27)13-18-14-28-15-29-18/h4-6,8-9,14-16,19-22H,3,7,10-13,27H2,1-2H3,(H,28,29)(H,30,34)(H,31,33)(H,36,37). The Kier molecular flexibility index (Phi) is 9.78. The number of nitrogens with one attached hydrogen (secondary N) is 3. The lowest BCUT2D eigenvalue weighted by atomic mass is 9.96. The number of carbonyl (C=O) groups is 4. The van der Waals surface area contributed by atoms with E-state index in [0.29, 0.717) is 25.8 Å². The summed E-state index contributed by atoms with van der Waals surface area (Å²) in [4.78, 5) is 59.7. The molecule has 1 fully saturated rings. The lowest BCUT2D eigenvalue weighted by molar-refractivity contribution is -0.143. The number of nitrogens with zero attached hydrogens (tertiary/aromatic N) is 2. The fourth-order valence-corrected chi connectivity index (χ4v) is 4.50. The minimum atomic E-state index is -1.16. The predicted octanol–water partition coefficient (Wildman–Crippen LogP) is 0.614. The molecule has 5 atom stereocenters. The van der Waals surface area contributed by atoms with Gasteiger partial charge in [0.1, 0.15) is 18.1 Å². The summed E-state index contributed by atoms with van der Waals surface area (Å²) >= 11 is 0. The first-order valence-electron chi connectivity index (χ1n) is 12.6. The highest BCUT2D eigenvalue weighted by Gasteiger charge is 2.39. The van der Waals surface area contributed by atoms with Crippen molar-refractivity contribution in [1.82, 2.24) is 25.5 Å². The van der Waals surface area contributed by atoms with E-state index in [1.54, 1.807) is 30.5 Å². The van der Waals surface area contributed by atoms with E-state index < -0.39 is 42.0 Å². The molecule has 1 aliphatic rings. The number of likely N-dealkylation sites (tertiary alicyclic amines) is 1. The third kappa shape index (κ3) is 7.39. The first-order chi connectivity index (χ1) is 17.7. The van der Waals surface area contributed by atoms with Gasteiger partial charge in [0, 0.05) is 31.3 Å². The van der Waals surface area contributed by atoms with Crippen molar-refractivity contribution in [3.05, 3.63) is 54.1 Å². The Balaban J connectivity index is 1.67. The van der Waals surface area contributed by atoms with E-state index in [4.69, 9.17) is 5.73 Å². The van der Waals surface area contributed by atoms with Crippen molar-refractivity contribution < 1.29 is 24.3 Å². The quantitative estimate of drug-likeness (QED) is 0.277. The molecule has 1 aromatic heterocycles. The molecule has 11 nitrogen and oxygen atoms in total. The summed E-state index contributed by atoms with van der Waals surface area (Å²) in [7, 11) is 0. The van der Waals surface area contributed by atoms with E-state index in [0.717, 1.165) is 11.3 Å². The van der Waals surface area contributed by atoms with Crippen LogP contribution in [0.3, 0.4) is 0 Å². The number of aromatic amines is 1. The van der Waals surface area contributed by atoms with Crippen LogP contribution >= 0.6 is 0 Å². The number of amides is 3. The van der Waals surface area contributed by atoms with Crippen LogP contribution in [-0.2, 0) is 32.0 Å². The summed E-state index contributed by atoms with van der Waals surface area (Å²) in [6.45, 7) is 4.09. The van der Waals surface area contributed by atoms with E-state index in [2.05, 4.69) is 20.6 Å². The Morgan fingerprint density at radius 2 is 1.92 bits per heavy atom. The largest absolute Gasteiger partial charge is 0.480 e. The second-order valence-electron chi connectivity index (χ2n) is 9.54. The van der Waals surface area contributed by atoms with Crippen LogP contribution in [0.4, 0.5) is 0 Å². The second-order valence-corrected chi connectivity index (χ2v) is 9.54. The van der Waals surface area contributed by atoms with Gasteiger partial charge in [0.2, 0.25) is 17.7 Å². The number of carbonyl (C=O) groups excluding carboxylic acids is 3. The number of aromatic nitrogens is 2. The number of carboxylic acid groups (broad SMARTS) is 1. The number of hydrogen-bond acceptors (Lipinski definition) is 6. The van der Waals surface area contributed by atoms with Gasteiger partial charge < -0.3 is 31.4 Å². The Labute approximate surface area is 216 Å². The molecule has 0 saturated carbocycles. The van der Waals surface area contributed by atoms with Crippen molar-refractivity contribution >= 4 is 23.7 Å². The minimum absolute atomic E-state index is 0.113. The molecule has 1 saturated heterocycles. The number of carboxylic acids is 1. The smallest absolute Gasteiger partial charge is 0.326 e. The molecule has 3 rings (SSSR count). The van der Waals surface area contributed by atoms with Crippen molar-refractivity contribution in [2.24, 2.45) is 11.7 Å². The van der Waals surface area contributed by atoms with E-state index >= 15 is 0 Å². The molecule has 0 spiro atoms. The monoisotopic (exact) mass is 512 g/mol. The highest BCUT2D eigenvalue weighted by atomic mass is 16.4. The van der Waals surface area contributed by atoms with Crippen LogP contribution < -0.4 is 16.4 Å². The first kappa shape index (κ1) is 27.9. The van der Waals surface area contributed by atoms with Crippen molar-refractivity contribution in [3.63, 3.8) is 0 Å². The molecule has 1 aromatic carbocycles. The molecule has 6 N–H and O–H groups in total. The molecule has 11 heteroatoms. The van der Waals surface area contributed by atoms with Crippen LogP contribution in [0.25, 0.3) is 0 Å². The molecule has 0 aliphatic carbocycles. The summed E-state index contributed by atoms with van der Waals surface area (Å²) in [5.41, 5.74) is 7.62. The summed E-state index contributed by atoms with van der Waals surface area (Å²) < 4.78 is 0. The van der Waals surface area contributed by atoms with E-state index in [9.17, 15) is 24.3 Å². The molecule has 200 valence electrons. The summed E-state index contributed by atoms with van der Waals surface area (Å²) in [6.07, 6.45) is 5.15. The van der Waals surface area contributed by atoms with Crippen LogP contribution in [0.5, 0.6) is 0 Å². The van der Waals surface area contributed by atoms with Crippen molar-refractivity contribution in [2.75, 3.05) is 6.54 Å². The SMILES string of the molecule is CCC(C)C(NC(=O)C1CCCN1C(=O)C(N)Cc1cnc[nH]1)C(=O)NC(Cc1ccccc1)C(=O)O. The lowest BCUT2D eigenvalue weighted by Crippen LogP contribution is -2.58. The van der Waals surface area contributed by atoms with E-state index in [1.165, 1.54) is 11.2 Å². The Bertz CT molecular complexity index is 1060. The lowest BCUT2D eigenvalue weighted by Gasteiger charge is -2.30. The summed E-state index contributed by atoms with van der Waals surface area (Å²) in [6, 6.07) is 5.32. The molecule has 5 unspecified atom stereocenters. The zero-order valence-electron chi connectivity index (χ0n) is 21.2. The van der Waals surface area contributed by atoms with Crippen LogP contribution in [0.15, 0.2) is 42.9 Å². The van der Waals surface area contributed by atoms with Crippen LogP contribution in [0.2, 0.25) is 0 Å². The topological polar surface area (TPSA) is 171 Å². The predicted molar refractivity (Wildman–Crippen MR) is 136 cm³/mol. The van der Waals surface area contributed by atoms with Gasteiger partial charge in [0.05, 0.1) is 12.4 Å². The fraction of sp³-hybridized carbons (Fsp3) is 0.500. The van der Waals surface area contributed by atoms with Crippen LogP contribution in [0, 0.1) is 5.92 Å².